The Kier molecular flexibility index (Phi) is 3.24. The van der Waals surface area contributed by atoms with E-state index in [1.165, 1.54) is 0 Å². The largest absolute Gasteiger partial charge is 0.372 e. The van der Waals surface area contributed by atoms with Crippen molar-refractivity contribution in [2.24, 2.45) is 0 Å². The number of aromatic nitrogens is 1. The number of nitriles is 1. The van der Waals surface area contributed by atoms with Gasteiger partial charge in [0.2, 0.25) is 0 Å². The van der Waals surface area contributed by atoms with Gasteiger partial charge in [0, 0.05) is 29.8 Å². The number of ether oxygens (including phenoxy) is 1. The van der Waals surface area contributed by atoms with E-state index < -0.39 is 0 Å². The number of hydrogen-bond donors (Lipinski definition) is 1. The first-order valence-electron chi connectivity index (χ1n) is 6.42. The van der Waals surface area contributed by atoms with Crippen molar-refractivity contribution in [1.29, 1.82) is 5.26 Å². The van der Waals surface area contributed by atoms with Gasteiger partial charge in [-0.3, -0.25) is 0 Å². The lowest BCUT2D eigenvalue weighted by Gasteiger charge is -2.15. The van der Waals surface area contributed by atoms with Gasteiger partial charge in [-0.15, -0.1) is 0 Å². The van der Waals surface area contributed by atoms with Crippen LogP contribution in [0, 0.1) is 11.3 Å². The van der Waals surface area contributed by atoms with Crippen LogP contribution in [0.4, 0.5) is 0 Å². The van der Waals surface area contributed by atoms with Crippen LogP contribution < -0.4 is 0 Å². The fraction of sp³-hybridized carbons (Fsp3) is 0.118. The molecule has 98 valence electrons. The molecule has 0 aliphatic rings. The molecule has 0 bridgehead atoms. The van der Waals surface area contributed by atoms with Gasteiger partial charge < -0.3 is 9.72 Å². The topological polar surface area (TPSA) is 48.8 Å². The molecule has 20 heavy (non-hydrogen) atoms. The van der Waals surface area contributed by atoms with Gasteiger partial charge in [-0.2, -0.15) is 5.26 Å². The average molecular weight is 262 g/mol. The van der Waals surface area contributed by atoms with Crippen molar-refractivity contribution < 1.29 is 4.74 Å². The number of benzene rings is 2. The van der Waals surface area contributed by atoms with E-state index in [2.05, 4.69) is 17.1 Å². The second-order valence-corrected chi connectivity index (χ2v) is 4.64. The molecule has 3 heteroatoms. The molecule has 0 aliphatic heterocycles. The standard InChI is InChI=1S/C17H14N2O/c1-20-17(13-8-6-12(10-18)7-9-13)15-11-19-16-5-3-2-4-14(15)16/h2-9,11,17,19H,1H3. The predicted molar refractivity (Wildman–Crippen MR) is 78.3 cm³/mol. The number of nitrogens with zero attached hydrogens (tertiary/aromatic N) is 1. The molecule has 3 rings (SSSR count). The van der Waals surface area contributed by atoms with Crippen molar-refractivity contribution in [3.8, 4) is 6.07 Å². The second kappa shape index (κ2) is 5.20. The summed E-state index contributed by atoms with van der Waals surface area (Å²) in [6.07, 6.45) is 1.84. The molecule has 1 unspecified atom stereocenters. The summed E-state index contributed by atoms with van der Waals surface area (Å²) in [4.78, 5) is 3.26. The highest BCUT2D eigenvalue weighted by atomic mass is 16.5. The average Bonchev–Trinajstić information content (AvgIpc) is 2.93. The molecule has 0 amide bonds. The van der Waals surface area contributed by atoms with Gasteiger partial charge in [0.25, 0.3) is 0 Å². The number of H-pyrrole nitrogens is 1. The third-order valence-corrected chi connectivity index (χ3v) is 3.48. The maximum atomic E-state index is 8.86. The number of methoxy groups -OCH3 is 1. The van der Waals surface area contributed by atoms with Crippen LogP contribution in [0.5, 0.6) is 0 Å². The van der Waals surface area contributed by atoms with Gasteiger partial charge in [-0.1, -0.05) is 30.3 Å². The van der Waals surface area contributed by atoms with Gasteiger partial charge >= 0.3 is 0 Å². The molecule has 1 aromatic heterocycles. The summed E-state index contributed by atoms with van der Waals surface area (Å²) in [5.41, 5.74) is 3.89. The van der Waals surface area contributed by atoms with Crippen LogP contribution in [0.15, 0.2) is 54.7 Å². The van der Waals surface area contributed by atoms with Crippen molar-refractivity contribution >= 4 is 10.9 Å². The summed E-state index contributed by atoms with van der Waals surface area (Å²) in [5, 5.41) is 10.0. The third kappa shape index (κ3) is 2.07. The fourth-order valence-corrected chi connectivity index (χ4v) is 2.49. The Morgan fingerprint density at radius 3 is 2.55 bits per heavy atom. The van der Waals surface area contributed by atoms with Crippen molar-refractivity contribution in [3.05, 3.63) is 71.4 Å². The highest BCUT2D eigenvalue weighted by Gasteiger charge is 2.17. The summed E-state index contributed by atoms with van der Waals surface area (Å²) in [6, 6.07) is 17.8. The summed E-state index contributed by atoms with van der Waals surface area (Å²) in [5.74, 6) is 0. The smallest absolute Gasteiger partial charge is 0.109 e. The molecule has 3 nitrogen and oxygen atoms in total. The number of nitrogens with one attached hydrogen (secondary N) is 1. The van der Waals surface area contributed by atoms with Crippen LogP contribution in [0.3, 0.4) is 0 Å². The van der Waals surface area contributed by atoms with Gasteiger partial charge in [-0.05, 0) is 23.8 Å². The summed E-state index contributed by atoms with van der Waals surface area (Å²) in [6.45, 7) is 0. The maximum absolute atomic E-state index is 8.86. The van der Waals surface area contributed by atoms with Crippen molar-refractivity contribution in [2.45, 2.75) is 6.10 Å². The minimum absolute atomic E-state index is 0.140. The zero-order valence-corrected chi connectivity index (χ0v) is 11.1. The monoisotopic (exact) mass is 262 g/mol. The Morgan fingerprint density at radius 2 is 1.85 bits per heavy atom. The third-order valence-electron chi connectivity index (χ3n) is 3.48. The molecule has 1 N–H and O–H groups in total. The molecule has 0 spiro atoms. The van der Waals surface area contributed by atoms with Crippen molar-refractivity contribution in [3.63, 3.8) is 0 Å². The zero-order chi connectivity index (χ0) is 13.9. The van der Waals surface area contributed by atoms with E-state index in [9.17, 15) is 0 Å². The Bertz CT molecular complexity index is 766. The van der Waals surface area contributed by atoms with E-state index in [-0.39, 0.29) is 6.10 Å². The van der Waals surface area contributed by atoms with E-state index >= 15 is 0 Å². The van der Waals surface area contributed by atoms with Gasteiger partial charge in [0.15, 0.2) is 0 Å². The molecule has 2 aromatic carbocycles. The number of fused-ring (bicyclic) bond motifs is 1. The van der Waals surface area contributed by atoms with Crippen LogP contribution in [-0.2, 0) is 4.74 Å². The highest BCUT2D eigenvalue weighted by molar-refractivity contribution is 5.83. The summed E-state index contributed by atoms with van der Waals surface area (Å²) < 4.78 is 5.66. The molecule has 0 saturated carbocycles. The SMILES string of the molecule is COC(c1ccc(C#N)cc1)c1c[nH]c2ccccc12. The van der Waals surface area contributed by atoms with E-state index in [1.807, 2.05) is 48.7 Å². The lowest BCUT2D eigenvalue weighted by molar-refractivity contribution is 0.137. The van der Waals surface area contributed by atoms with Crippen LogP contribution in [0.1, 0.15) is 22.8 Å². The maximum Gasteiger partial charge on any atom is 0.109 e. The van der Waals surface area contributed by atoms with Crippen LogP contribution in [-0.4, -0.2) is 12.1 Å². The van der Waals surface area contributed by atoms with Crippen LogP contribution in [0.2, 0.25) is 0 Å². The highest BCUT2D eigenvalue weighted by Crippen LogP contribution is 2.31. The van der Waals surface area contributed by atoms with Crippen LogP contribution >= 0.6 is 0 Å². The normalized spacial score (nSPS) is 12.2. The zero-order valence-electron chi connectivity index (χ0n) is 11.1. The van der Waals surface area contributed by atoms with E-state index in [1.54, 1.807) is 7.11 Å². The first-order valence-corrected chi connectivity index (χ1v) is 6.42. The van der Waals surface area contributed by atoms with Gasteiger partial charge in [0.05, 0.1) is 11.6 Å². The molecular weight excluding hydrogens is 248 g/mol. The Morgan fingerprint density at radius 1 is 1.10 bits per heavy atom. The summed E-state index contributed by atoms with van der Waals surface area (Å²) >= 11 is 0. The van der Waals surface area contributed by atoms with E-state index in [4.69, 9.17) is 10.00 Å². The molecular formula is C17H14N2O. The van der Waals surface area contributed by atoms with Crippen molar-refractivity contribution in [1.82, 2.24) is 4.98 Å². The first-order chi connectivity index (χ1) is 9.83. The number of aromatic amines is 1. The molecule has 1 atom stereocenters. The van der Waals surface area contributed by atoms with E-state index in [0.717, 1.165) is 22.0 Å². The Labute approximate surface area is 117 Å². The number of hydrogen-bond acceptors (Lipinski definition) is 2. The Hall–Kier alpha value is -2.57. The van der Waals surface area contributed by atoms with Gasteiger partial charge in [0.1, 0.15) is 6.10 Å². The number of rotatable bonds is 3. The van der Waals surface area contributed by atoms with Gasteiger partial charge in [-0.25, -0.2) is 0 Å². The molecule has 0 aliphatic carbocycles. The van der Waals surface area contributed by atoms with E-state index in [0.29, 0.717) is 5.56 Å². The van der Waals surface area contributed by atoms with Crippen molar-refractivity contribution in [2.75, 3.05) is 7.11 Å². The summed E-state index contributed by atoms with van der Waals surface area (Å²) in [7, 11) is 1.70. The lowest BCUT2D eigenvalue weighted by Crippen LogP contribution is -2.02. The quantitative estimate of drug-likeness (QED) is 0.781. The molecule has 0 radical (unpaired) electrons. The minimum Gasteiger partial charge on any atom is -0.372 e. The number of para-hydroxylation sites is 1. The molecule has 0 fully saturated rings. The fourth-order valence-electron chi connectivity index (χ4n) is 2.49. The Balaban J connectivity index is 2.07. The van der Waals surface area contributed by atoms with Crippen LogP contribution in [0.25, 0.3) is 10.9 Å². The second-order valence-electron chi connectivity index (χ2n) is 4.64. The molecule has 3 aromatic rings. The first kappa shape index (κ1) is 12.5. The predicted octanol–water partition coefficient (Wildman–Crippen LogP) is 3.78. The lowest BCUT2D eigenvalue weighted by atomic mass is 10.00. The molecule has 0 saturated heterocycles. The minimum atomic E-state index is -0.140. The molecule has 1 heterocycles.